The van der Waals surface area contributed by atoms with E-state index in [0.29, 0.717) is 16.7 Å². The van der Waals surface area contributed by atoms with Crippen molar-refractivity contribution in [2.75, 3.05) is 10.6 Å². The van der Waals surface area contributed by atoms with Gasteiger partial charge < -0.3 is 10.6 Å². The van der Waals surface area contributed by atoms with E-state index in [2.05, 4.69) is 42.7 Å². The van der Waals surface area contributed by atoms with Crippen LogP contribution in [0, 0.1) is 13.8 Å². The number of aryl methyl sites for hydroxylation is 2. The lowest BCUT2D eigenvalue weighted by atomic mass is 10.0. The second-order valence-corrected chi connectivity index (χ2v) is 10.2. The Bertz CT molecular complexity index is 1360. The molecule has 8 heteroatoms. The van der Waals surface area contributed by atoms with E-state index >= 15 is 0 Å². The number of rotatable bonds is 6. The van der Waals surface area contributed by atoms with Gasteiger partial charge in [0.25, 0.3) is 5.91 Å². The summed E-state index contributed by atoms with van der Waals surface area (Å²) < 4.78 is 1.84. The zero-order valence-electron chi connectivity index (χ0n) is 19.2. The molecule has 6 nitrogen and oxygen atoms in total. The molecule has 2 N–H and O–H groups in total. The molecular formula is C26H25N5OS2. The number of benzene rings is 2. The summed E-state index contributed by atoms with van der Waals surface area (Å²) in [5, 5.41) is 13.9. The van der Waals surface area contributed by atoms with Gasteiger partial charge >= 0.3 is 0 Å². The number of amides is 1. The molecule has 0 aliphatic carbocycles. The van der Waals surface area contributed by atoms with Gasteiger partial charge in [0.2, 0.25) is 11.1 Å². The maximum absolute atomic E-state index is 13.4. The van der Waals surface area contributed by atoms with Gasteiger partial charge in [-0.15, -0.1) is 16.4 Å². The third kappa shape index (κ3) is 4.51. The van der Waals surface area contributed by atoms with Gasteiger partial charge in [-0.05, 0) is 55.5 Å². The van der Waals surface area contributed by atoms with Crippen LogP contribution in [0.2, 0.25) is 0 Å². The topological polar surface area (TPSA) is 71.8 Å². The number of thiophene rings is 1. The van der Waals surface area contributed by atoms with Gasteiger partial charge in [-0.2, -0.15) is 4.98 Å². The average molecular weight is 488 g/mol. The fraction of sp³-hybridized carbons (Fsp3) is 0.192. The molecule has 0 radical (unpaired) electrons. The fourth-order valence-electron chi connectivity index (χ4n) is 4.01. The molecule has 1 atom stereocenters. The quantitative estimate of drug-likeness (QED) is 0.318. The highest BCUT2D eigenvalue weighted by Gasteiger charge is 2.35. The van der Waals surface area contributed by atoms with E-state index in [9.17, 15) is 4.79 Å². The highest BCUT2D eigenvalue weighted by atomic mass is 32.2. The number of nitrogens with zero attached hydrogens (tertiary/aromatic N) is 3. The van der Waals surface area contributed by atoms with Crippen LogP contribution in [0.4, 0.5) is 11.6 Å². The van der Waals surface area contributed by atoms with Crippen molar-refractivity contribution in [3.63, 3.8) is 0 Å². The Morgan fingerprint density at radius 3 is 2.71 bits per heavy atom. The molecular weight excluding hydrogens is 462 g/mol. The van der Waals surface area contributed by atoms with Crippen LogP contribution in [0.25, 0.3) is 0 Å². The second kappa shape index (κ2) is 9.48. The number of allylic oxidation sites excluding steroid dienone is 1. The van der Waals surface area contributed by atoms with E-state index in [-0.39, 0.29) is 11.9 Å². The minimum atomic E-state index is -0.345. The van der Waals surface area contributed by atoms with Crippen molar-refractivity contribution in [2.24, 2.45) is 0 Å². The van der Waals surface area contributed by atoms with Crippen LogP contribution in [0.3, 0.4) is 0 Å². The third-order valence-electron chi connectivity index (χ3n) is 5.78. The van der Waals surface area contributed by atoms with Crippen LogP contribution in [-0.4, -0.2) is 20.7 Å². The van der Waals surface area contributed by atoms with Gasteiger partial charge in [-0.1, -0.05) is 59.8 Å². The standard InChI is InChI=1S/C26H25N5OS2/c1-16-11-12-17(2)19(14-16)15-34-26-29-25-27-18(3)22(24(32)28-20-8-5-4-6-9-20)23(31(25)30-26)21-10-7-13-33-21/h4-14,23H,15H2,1-3H3,(H,28,32)(H,27,29,30)/t23-/m0/s1. The van der Waals surface area contributed by atoms with E-state index in [1.165, 1.54) is 16.7 Å². The van der Waals surface area contributed by atoms with Gasteiger partial charge in [0.1, 0.15) is 6.04 Å². The first-order valence-electron chi connectivity index (χ1n) is 11.0. The summed E-state index contributed by atoms with van der Waals surface area (Å²) in [5.74, 6) is 1.28. The van der Waals surface area contributed by atoms with Crippen molar-refractivity contribution in [3.8, 4) is 0 Å². The number of hydrogen-bond acceptors (Lipinski definition) is 6. The van der Waals surface area contributed by atoms with E-state index in [1.54, 1.807) is 23.1 Å². The number of anilines is 2. The number of carbonyl (C=O) groups excluding carboxylic acids is 1. The Morgan fingerprint density at radius 2 is 1.94 bits per heavy atom. The van der Waals surface area contributed by atoms with Crippen molar-refractivity contribution in [3.05, 3.63) is 98.9 Å². The van der Waals surface area contributed by atoms with Gasteiger partial charge in [-0.3, -0.25) is 4.79 Å². The summed E-state index contributed by atoms with van der Waals surface area (Å²) in [4.78, 5) is 19.2. The first-order valence-corrected chi connectivity index (χ1v) is 12.9. The first-order chi connectivity index (χ1) is 16.5. The Kier molecular flexibility index (Phi) is 6.26. The summed E-state index contributed by atoms with van der Waals surface area (Å²) in [6, 6.07) is 19.7. The molecule has 3 heterocycles. The predicted molar refractivity (Wildman–Crippen MR) is 139 cm³/mol. The Morgan fingerprint density at radius 1 is 1.12 bits per heavy atom. The average Bonchev–Trinajstić information content (AvgIpc) is 3.49. The van der Waals surface area contributed by atoms with Crippen molar-refractivity contribution in [1.82, 2.24) is 14.8 Å². The van der Waals surface area contributed by atoms with E-state index in [4.69, 9.17) is 10.1 Å². The SMILES string of the molecule is CC1=C(C(=O)Nc2ccccc2)[C@H](c2cccs2)n2nc(SCc3cc(C)ccc3C)nc2N1. The summed E-state index contributed by atoms with van der Waals surface area (Å²) in [6.45, 7) is 6.15. The van der Waals surface area contributed by atoms with Gasteiger partial charge in [0.15, 0.2) is 0 Å². The molecule has 0 bridgehead atoms. The lowest BCUT2D eigenvalue weighted by molar-refractivity contribution is -0.113. The molecule has 1 aliphatic heterocycles. The number of para-hydroxylation sites is 1. The van der Waals surface area contributed by atoms with Gasteiger partial charge in [0.05, 0.1) is 5.57 Å². The molecule has 0 saturated carbocycles. The van der Waals surface area contributed by atoms with Crippen LogP contribution >= 0.6 is 23.1 Å². The maximum atomic E-state index is 13.4. The number of aromatic nitrogens is 3. The lowest BCUT2D eigenvalue weighted by Crippen LogP contribution is -2.31. The molecule has 0 saturated heterocycles. The van der Waals surface area contributed by atoms with E-state index in [0.717, 1.165) is 22.0 Å². The molecule has 172 valence electrons. The normalized spacial score (nSPS) is 15.1. The monoisotopic (exact) mass is 487 g/mol. The molecule has 5 rings (SSSR count). The molecule has 34 heavy (non-hydrogen) atoms. The van der Waals surface area contributed by atoms with Crippen molar-refractivity contribution >= 4 is 40.6 Å². The molecule has 0 spiro atoms. The van der Waals surface area contributed by atoms with Crippen molar-refractivity contribution < 1.29 is 4.79 Å². The van der Waals surface area contributed by atoms with Crippen LogP contribution in [0.1, 0.15) is 34.5 Å². The molecule has 1 amide bonds. The van der Waals surface area contributed by atoms with E-state index in [1.807, 2.05) is 59.5 Å². The summed E-state index contributed by atoms with van der Waals surface area (Å²) in [6.07, 6.45) is 0. The van der Waals surface area contributed by atoms with Crippen LogP contribution < -0.4 is 10.6 Å². The van der Waals surface area contributed by atoms with E-state index < -0.39 is 0 Å². The highest BCUT2D eigenvalue weighted by molar-refractivity contribution is 7.98. The Labute approximate surface area is 207 Å². The largest absolute Gasteiger partial charge is 0.328 e. The van der Waals surface area contributed by atoms with Crippen molar-refractivity contribution in [1.29, 1.82) is 0 Å². The molecule has 2 aromatic heterocycles. The fourth-order valence-corrected chi connectivity index (χ4v) is 5.72. The molecule has 0 unspecified atom stereocenters. The number of thioether (sulfide) groups is 1. The number of hydrogen-bond donors (Lipinski definition) is 2. The number of carbonyl (C=O) groups is 1. The molecule has 2 aromatic carbocycles. The zero-order valence-corrected chi connectivity index (χ0v) is 20.8. The van der Waals surface area contributed by atoms with Crippen LogP contribution in [-0.2, 0) is 10.5 Å². The molecule has 0 fully saturated rings. The summed E-state index contributed by atoms with van der Waals surface area (Å²) >= 11 is 3.21. The van der Waals surface area contributed by atoms with Gasteiger partial charge in [0, 0.05) is 22.0 Å². The highest BCUT2D eigenvalue weighted by Crippen LogP contribution is 2.38. The maximum Gasteiger partial charge on any atom is 0.255 e. The smallest absolute Gasteiger partial charge is 0.255 e. The predicted octanol–water partition coefficient (Wildman–Crippen LogP) is 6.18. The second-order valence-electron chi connectivity index (χ2n) is 8.28. The molecule has 4 aromatic rings. The number of nitrogens with one attached hydrogen (secondary N) is 2. The molecule has 1 aliphatic rings. The van der Waals surface area contributed by atoms with Crippen LogP contribution in [0.5, 0.6) is 0 Å². The zero-order chi connectivity index (χ0) is 23.7. The lowest BCUT2D eigenvalue weighted by Gasteiger charge is -2.27. The van der Waals surface area contributed by atoms with Gasteiger partial charge in [-0.25, -0.2) is 4.68 Å². The summed E-state index contributed by atoms with van der Waals surface area (Å²) in [7, 11) is 0. The first kappa shape index (κ1) is 22.4. The Hall–Kier alpha value is -3.36. The van der Waals surface area contributed by atoms with Crippen LogP contribution in [0.15, 0.2) is 82.5 Å². The summed E-state index contributed by atoms with van der Waals surface area (Å²) in [5.41, 5.74) is 5.94. The minimum absolute atomic E-state index is 0.152. The number of fused-ring (bicyclic) bond motifs is 1. The van der Waals surface area contributed by atoms with Crippen molar-refractivity contribution in [2.45, 2.75) is 37.7 Å². The minimum Gasteiger partial charge on any atom is -0.328 e. The Balaban J connectivity index is 1.45. The third-order valence-corrected chi connectivity index (χ3v) is 7.59.